The Kier molecular flexibility index (Phi) is 5.59. The third kappa shape index (κ3) is 5.65. The van der Waals surface area contributed by atoms with Crippen LogP contribution in [-0.2, 0) is 4.74 Å². The monoisotopic (exact) mass is 258 g/mol. The fraction of sp³-hybridized carbons (Fsp3) is 1.00. The number of β-amino-alcohol motifs (C(OH)–C–C–N with tert-alkyl or cyclic N) is 1. The maximum absolute atomic E-state index is 10.1. The Morgan fingerprint density at radius 1 is 1.44 bits per heavy atom. The molecule has 0 bridgehead atoms. The van der Waals surface area contributed by atoms with Crippen molar-refractivity contribution in [1.29, 1.82) is 0 Å². The van der Waals surface area contributed by atoms with Crippen LogP contribution in [0.5, 0.6) is 0 Å². The largest absolute Gasteiger partial charge is 0.390 e. The van der Waals surface area contributed by atoms with E-state index in [1.54, 1.807) is 7.11 Å². The average molecular weight is 258 g/mol. The highest BCUT2D eigenvalue weighted by molar-refractivity contribution is 4.86. The molecule has 1 rings (SSSR count). The summed E-state index contributed by atoms with van der Waals surface area (Å²) in [5, 5.41) is 13.4. The van der Waals surface area contributed by atoms with Crippen LogP contribution in [0, 0.1) is 0 Å². The van der Waals surface area contributed by atoms with Gasteiger partial charge in [0, 0.05) is 32.3 Å². The van der Waals surface area contributed by atoms with Crippen LogP contribution in [0.1, 0.15) is 40.5 Å². The molecule has 108 valence electrons. The van der Waals surface area contributed by atoms with E-state index in [-0.39, 0.29) is 17.2 Å². The predicted octanol–water partition coefficient (Wildman–Crippen LogP) is 1.24. The molecule has 4 heteroatoms. The van der Waals surface area contributed by atoms with Crippen molar-refractivity contribution in [3.05, 3.63) is 0 Å². The number of ether oxygens (including phenoxy) is 1. The molecule has 0 radical (unpaired) electrons. The second-order valence-electron chi connectivity index (χ2n) is 6.78. The van der Waals surface area contributed by atoms with Crippen LogP contribution >= 0.6 is 0 Å². The molecule has 1 heterocycles. The van der Waals surface area contributed by atoms with E-state index in [2.05, 4.69) is 37.9 Å². The van der Waals surface area contributed by atoms with Crippen LogP contribution in [0.25, 0.3) is 0 Å². The molecule has 0 aromatic rings. The quantitative estimate of drug-likeness (QED) is 0.779. The highest BCUT2D eigenvalue weighted by Crippen LogP contribution is 2.23. The molecule has 1 fully saturated rings. The highest BCUT2D eigenvalue weighted by atomic mass is 16.5. The van der Waals surface area contributed by atoms with Gasteiger partial charge in [0.2, 0.25) is 0 Å². The molecule has 0 aromatic carbocycles. The van der Waals surface area contributed by atoms with Crippen LogP contribution in [-0.4, -0.2) is 60.5 Å². The summed E-state index contributed by atoms with van der Waals surface area (Å²) in [5.74, 6) is 0. The number of hydrogen-bond acceptors (Lipinski definition) is 4. The summed E-state index contributed by atoms with van der Waals surface area (Å²) in [6, 6.07) is 0. The number of likely N-dealkylation sites (tertiary alicyclic amines) is 1. The van der Waals surface area contributed by atoms with Crippen LogP contribution in [0.15, 0.2) is 0 Å². The number of methoxy groups -OCH3 is 1. The minimum Gasteiger partial charge on any atom is -0.390 e. The van der Waals surface area contributed by atoms with Crippen molar-refractivity contribution in [3.8, 4) is 0 Å². The second kappa shape index (κ2) is 6.33. The lowest BCUT2D eigenvalue weighted by molar-refractivity contribution is -0.0584. The molecule has 0 spiro atoms. The Morgan fingerprint density at radius 2 is 2.11 bits per heavy atom. The van der Waals surface area contributed by atoms with E-state index in [1.807, 2.05) is 0 Å². The topological polar surface area (TPSA) is 44.7 Å². The fourth-order valence-electron chi connectivity index (χ4n) is 2.42. The van der Waals surface area contributed by atoms with Crippen molar-refractivity contribution in [1.82, 2.24) is 10.2 Å². The maximum Gasteiger partial charge on any atom is 0.0791 e. The number of nitrogens with zero attached hydrogens (tertiary/aromatic N) is 1. The van der Waals surface area contributed by atoms with Crippen LogP contribution in [0.3, 0.4) is 0 Å². The third-order valence-electron chi connectivity index (χ3n) is 3.57. The van der Waals surface area contributed by atoms with Crippen LogP contribution < -0.4 is 5.32 Å². The van der Waals surface area contributed by atoms with Gasteiger partial charge in [-0.25, -0.2) is 0 Å². The molecule has 4 nitrogen and oxygen atoms in total. The molecule has 1 aliphatic rings. The Labute approximate surface area is 112 Å². The molecule has 18 heavy (non-hydrogen) atoms. The van der Waals surface area contributed by atoms with E-state index in [1.165, 1.54) is 0 Å². The van der Waals surface area contributed by atoms with E-state index in [0.717, 1.165) is 32.5 Å². The molecular weight excluding hydrogens is 228 g/mol. The zero-order chi connectivity index (χ0) is 13.8. The lowest BCUT2D eigenvalue weighted by Crippen LogP contribution is -2.51. The van der Waals surface area contributed by atoms with E-state index < -0.39 is 0 Å². The van der Waals surface area contributed by atoms with E-state index in [9.17, 15) is 5.11 Å². The molecule has 2 N–H and O–H groups in total. The van der Waals surface area contributed by atoms with Crippen molar-refractivity contribution < 1.29 is 9.84 Å². The minimum absolute atomic E-state index is 0.0462. The van der Waals surface area contributed by atoms with Gasteiger partial charge in [-0.15, -0.1) is 0 Å². The Hall–Kier alpha value is -0.160. The zero-order valence-electron chi connectivity index (χ0n) is 12.6. The number of hydrogen-bond donors (Lipinski definition) is 2. The first kappa shape index (κ1) is 15.9. The van der Waals surface area contributed by atoms with E-state index >= 15 is 0 Å². The summed E-state index contributed by atoms with van der Waals surface area (Å²) in [4.78, 5) is 2.31. The van der Waals surface area contributed by atoms with Gasteiger partial charge in [-0.2, -0.15) is 0 Å². The van der Waals surface area contributed by atoms with Gasteiger partial charge in [-0.3, -0.25) is 4.90 Å². The summed E-state index contributed by atoms with van der Waals surface area (Å²) < 4.78 is 5.57. The number of rotatable bonds is 5. The predicted molar refractivity (Wildman–Crippen MR) is 74.9 cm³/mol. The summed E-state index contributed by atoms with van der Waals surface area (Å²) in [7, 11) is 1.78. The van der Waals surface area contributed by atoms with Gasteiger partial charge in [-0.05, 0) is 47.1 Å². The molecule has 0 aliphatic carbocycles. The van der Waals surface area contributed by atoms with Crippen LogP contribution in [0.2, 0.25) is 0 Å². The maximum atomic E-state index is 10.1. The molecule has 1 saturated heterocycles. The standard InChI is InChI=1S/C14H30N2O2/c1-13(2,3)15-9-12(17)10-16-8-6-7-14(4,11-16)18-5/h12,15,17H,6-11H2,1-5H3. The van der Waals surface area contributed by atoms with Gasteiger partial charge in [-0.1, -0.05) is 0 Å². The number of aliphatic hydroxyl groups excluding tert-OH is 1. The first-order chi connectivity index (χ1) is 8.24. The second-order valence-corrected chi connectivity index (χ2v) is 6.78. The Morgan fingerprint density at radius 3 is 2.67 bits per heavy atom. The first-order valence-corrected chi connectivity index (χ1v) is 6.95. The average Bonchev–Trinajstić information content (AvgIpc) is 2.26. The van der Waals surface area contributed by atoms with Crippen molar-refractivity contribution in [2.75, 3.05) is 33.3 Å². The Balaban J connectivity index is 2.33. The molecule has 0 aromatic heterocycles. The summed E-state index contributed by atoms with van der Waals surface area (Å²) >= 11 is 0. The smallest absolute Gasteiger partial charge is 0.0791 e. The number of piperidine rings is 1. The lowest BCUT2D eigenvalue weighted by atomic mass is 9.94. The van der Waals surface area contributed by atoms with Gasteiger partial charge in [0.1, 0.15) is 0 Å². The highest BCUT2D eigenvalue weighted by Gasteiger charge is 2.31. The van der Waals surface area contributed by atoms with Crippen molar-refractivity contribution in [2.24, 2.45) is 0 Å². The van der Waals surface area contributed by atoms with Gasteiger partial charge in [0.05, 0.1) is 11.7 Å². The number of nitrogens with one attached hydrogen (secondary N) is 1. The zero-order valence-corrected chi connectivity index (χ0v) is 12.6. The summed E-state index contributed by atoms with van der Waals surface area (Å²) in [5.41, 5.74) is 0.0132. The van der Waals surface area contributed by atoms with Gasteiger partial charge < -0.3 is 15.2 Å². The molecule has 2 unspecified atom stereocenters. The van der Waals surface area contributed by atoms with Crippen molar-refractivity contribution in [3.63, 3.8) is 0 Å². The fourth-order valence-corrected chi connectivity index (χ4v) is 2.42. The van der Waals surface area contributed by atoms with E-state index in [4.69, 9.17) is 4.74 Å². The minimum atomic E-state index is -0.316. The van der Waals surface area contributed by atoms with Crippen molar-refractivity contribution in [2.45, 2.75) is 57.8 Å². The SMILES string of the molecule is COC1(C)CCCN(CC(O)CNC(C)(C)C)C1. The van der Waals surface area contributed by atoms with Crippen molar-refractivity contribution >= 4 is 0 Å². The summed E-state index contributed by atoms with van der Waals surface area (Å²) in [6.07, 6.45) is 1.93. The van der Waals surface area contributed by atoms with Gasteiger partial charge in [0.15, 0.2) is 0 Å². The lowest BCUT2D eigenvalue weighted by Gasteiger charge is -2.40. The molecule has 0 saturated carbocycles. The molecule has 0 amide bonds. The van der Waals surface area contributed by atoms with Gasteiger partial charge in [0.25, 0.3) is 0 Å². The molecular formula is C14H30N2O2. The molecule has 1 aliphatic heterocycles. The summed E-state index contributed by atoms with van der Waals surface area (Å²) in [6.45, 7) is 11.8. The normalized spacial score (nSPS) is 28.3. The number of aliphatic hydroxyl groups is 1. The first-order valence-electron chi connectivity index (χ1n) is 6.95. The van der Waals surface area contributed by atoms with Crippen LogP contribution in [0.4, 0.5) is 0 Å². The Bertz CT molecular complexity index is 253. The third-order valence-corrected chi connectivity index (χ3v) is 3.57. The van der Waals surface area contributed by atoms with E-state index in [0.29, 0.717) is 6.54 Å². The van der Waals surface area contributed by atoms with Gasteiger partial charge >= 0.3 is 0 Å². The molecule has 2 atom stereocenters.